The first-order valence-electron chi connectivity index (χ1n) is 8.62. The molecule has 0 aliphatic heterocycles. The maximum Gasteiger partial charge on any atom is 0.0994 e. The highest BCUT2D eigenvalue weighted by Gasteiger charge is 2.27. The molecule has 132 valence electrons. The molecule has 2 atom stereocenters. The van der Waals surface area contributed by atoms with Gasteiger partial charge in [-0.3, -0.25) is 4.98 Å². The first kappa shape index (κ1) is 16.9. The van der Waals surface area contributed by atoms with E-state index in [0.717, 1.165) is 46.9 Å². The summed E-state index contributed by atoms with van der Waals surface area (Å²) in [4.78, 5) is 4.18. The van der Waals surface area contributed by atoms with Gasteiger partial charge < -0.3 is 15.4 Å². The molecule has 3 N–H and O–H groups in total. The fourth-order valence-electron chi connectivity index (χ4n) is 3.87. The number of pyridine rings is 1. The second kappa shape index (κ2) is 6.31. The zero-order valence-corrected chi connectivity index (χ0v) is 15.2. The monoisotopic (exact) mass is 366 g/mol. The van der Waals surface area contributed by atoms with Crippen LogP contribution in [-0.2, 0) is 0 Å². The lowest BCUT2D eigenvalue weighted by atomic mass is 10.0. The summed E-state index contributed by atoms with van der Waals surface area (Å²) in [5, 5.41) is 20.8. The van der Waals surface area contributed by atoms with Crippen molar-refractivity contribution in [2.75, 3.05) is 5.73 Å². The molecule has 26 heavy (non-hydrogen) atoms. The molecule has 0 amide bonds. The van der Waals surface area contributed by atoms with Crippen LogP contribution in [0.25, 0.3) is 22.0 Å². The third-order valence-corrected chi connectivity index (χ3v) is 5.69. The highest BCUT2D eigenvalue weighted by atomic mass is 35.5. The fourth-order valence-corrected chi connectivity index (χ4v) is 4.07. The van der Waals surface area contributed by atoms with E-state index in [1.807, 2.05) is 19.1 Å². The average molecular weight is 367 g/mol. The van der Waals surface area contributed by atoms with Gasteiger partial charge in [-0.1, -0.05) is 11.6 Å². The summed E-state index contributed by atoms with van der Waals surface area (Å²) in [6.07, 6.45) is 7.47. The van der Waals surface area contributed by atoms with Gasteiger partial charge in [0.2, 0.25) is 0 Å². The van der Waals surface area contributed by atoms with Gasteiger partial charge in [-0.25, -0.2) is 0 Å². The molecule has 0 spiro atoms. The number of anilines is 1. The van der Waals surface area contributed by atoms with Gasteiger partial charge >= 0.3 is 0 Å². The van der Waals surface area contributed by atoms with Crippen molar-refractivity contribution in [2.24, 2.45) is 0 Å². The number of aliphatic hydroxyl groups is 1. The third kappa shape index (κ3) is 2.63. The van der Waals surface area contributed by atoms with Gasteiger partial charge in [-0.15, -0.1) is 0 Å². The van der Waals surface area contributed by atoms with Crippen molar-refractivity contribution in [1.82, 2.24) is 9.55 Å². The van der Waals surface area contributed by atoms with Gasteiger partial charge in [0.1, 0.15) is 0 Å². The number of aryl methyl sites for hydroxylation is 1. The van der Waals surface area contributed by atoms with E-state index in [4.69, 9.17) is 17.3 Å². The van der Waals surface area contributed by atoms with Crippen LogP contribution < -0.4 is 5.73 Å². The summed E-state index contributed by atoms with van der Waals surface area (Å²) in [5.41, 5.74) is 10.6. The zero-order valence-electron chi connectivity index (χ0n) is 14.4. The number of aliphatic hydroxyl groups excluding tert-OH is 1. The van der Waals surface area contributed by atoms with Crippen LogP contribution in [0.1, 0.15) is 36.4 Å². The number of nitrogens with zero attached hydrogens (tertiary/aromatic N) is 3. The lowest BCUT2D eigenvalue weighted by Crippen LogP contribution is -2.06. The Morgan fingerprint density at radius 2 is 2.12 bits per heavy atom. The summed E-state index contributed by atoms with van der Waals surface area (Å²) in [6, 6.07) is 6.42. The number of nitrogens with two attached hydrogens (primary N) is 1. The molecule has 1 aliphatic carbocycles. The molecule has 0 radical (unpaired) electrons. The molecule has 1 fully saturated rings. The Morgan fingerprint density at radius 1 is 1.31 bits per heavy atom. The highest BCUT2D eigenvalue weighted by Crippen LogP contribution is 2.41. The predicted molar refractivity (Wildman–Crippen MR) is 103 cm³/mol. The molecule has 3 aromatic rings. The molecule has 1 saturated carbocycles. The van der Waals surface area contributed by atoms with Crippen molar-refractivity contribution in [3.05, 3.63) is 46.9 Å². The third-order valence-electron chi connectivity index (χ3n) is 5.27. The minimum atomic E-state index is -0.266. The summed E-state index contributed by atoms with van der Waals surface area (Å²) >= 11 is 6.45. The molecule has 0 unspecified atom stereocenters. The standard InChI is InChI=1S/C20H19ClN4O/c1-11-4-19-15(5-12(11)7-22)17(16-8-24-9-18(23)20(16)21)10-25(19)13-2-3-14(26)6-13/h4-5,8-10,13-14,26H,2-3,6,23H2,1H3/t13-,14+/m1/s1. The molecule has 0 saturated heterocycles. The van der Waals surface area contributed by atoms with Crippen LogP contribution in [-0.4, -0.2) is 20.8 Å². The van der Waals surface area contributed by atoms with Crippen LogP contribution in [0.5, 0.6) is 0 Å². The lowest BCUT2D eigenvalue weighted by molar-refractivity contribution is 0.178. The molecule has 4 rings (SSSR count). The molecule has 2 heterocycles. The number of halogens is 1. The first-order chi connectivity index (χ1) is 12.5. The number of rotatable bonds is 2. The molecule has 0 bridgehead atoms. The number of hydrogen-bond acceptors (Lipinski definition) is 4. The van der Waals surface area contributed by atoms with Gasteiger partial charge in [-0.05, 0) is 43.9 Å². The number of aromatic nitrogens is 2. The second-order valence-electron chi connectivity index (χ2n) is 6.96. The molecular weight excluding hydrogens is 348 g/mol. The quantitative estimate of drug-likeness (QED) is 0.711. The lowest BCUT2D eigenvalue weighted by Gasteiger charge is -2.14. The largest absolute Gasteiger partial charge is 0.396 e. The van der Waals surface area contributed by atoms with Crippen molar-refractivity contribution in [1.29, 1.82) is 5.26 Å². The van der Waals surface area contributed by atoms with Gasteiger partial charge in [-0.2, -0.15) is 5.26 Å². The molecular formula is C20H19ClN4O. The topological polar surface area (TPSA) is 87.9 Å². The maximum absolute atomic E-state index is 9.97. The Bertz CT molecular complexity index is 1050. The zero-order chi connectivity index (χ0) is 18.4. The summed E-state index contributed by atoms with van der Waals surface area (Å²) in [5.74, 6) is 0. The van der Waals surface area contributed by atoms with E-state index in [-0.39, 0.29) is 12.1 Å². The minimum absolute atomic E-state index is 0.223. The van der Waals surface area contributed by atoms with Crippen LogP contribution in [0.4, 0.5) is 5.69 Å². The van der Waals surface area contributed by atoms with Crippen LogP contribution in [0.3, 0.4) is 0 Å². The summed E-state index contributed by atoms with van der Waals surface area (Å²) < 4.78 is 2.20. The molecule has 1 aliphatic rings. The smallest absolute Gasteiger partial charge is 0.0994 e. The van der Waals surface area contributed by atoms with Crippen molar-refractivity contribution in [2.45, 2.75) is 38.3 Å². The number of fused-ring (bicyclic) bond motifs is 1. The Labute approximate surface area is 156 Å². The van der Waals surface area contributed by atoms with Crippen molar-refractivity contribution in [3.63, 3.8) is 0 Å². The number of hydrogen-bond donors (Lipinski definition) is 2. The highest BCUT2D eigenvalue weighted by molar-refractivity contribution is 6.36. The van der Waals surface area contributed by atoms with Crippen molar-refractivity contribution in [3.8, 4) is 17.2 Å². The van der Waals surface area contributed by atoms with E-state index in [1.54, 1.807) is 6.20 Å². The molecule has 1 aromatic carbocycles. The average Bonchev–Trinajstić information content (AvgIpc) is 3.20. The van der Waals surface area contributed by atoms with E-state index in [2.05, 4.69) is 21.8 Å². The number of benzene rings is 1. The van der Waals surface area contributed by atoms with E-state index in [9.17, 15) is 10.4 Å². The van der Waals surface area contributed by atoms with Gasteiger partial charge in [0.15, 0.2) is 0 Å². The summed E-state index contributed by atoms with van der Waals surface area (Å²) in [7, 11) is 0. The van der Waals surface area contributed by atoms with Gasteiger partial charge in [0, 0.05) is 40.5 Å². The molecule has 2 aromatic heterocycles. The second-order valence-corrected chi connectivity index (χ2v) is 7.34. The fraction of sp³-hybridized carbons (Fsp3) is 0.300. The van der Waals surface area contributed by atoms with E-state index in [0.29, 0.717) is 16.3 Å². The predicted octanol–water partition coefficient (Wildman–Crippen LogP) is 4.20. The van der Waals surface area contributed by atoms with Crippen molar-refractivity contribution >= 4 is 28.2 Å². The Morgan fingerprint density at radius 3 is 2.81 bits per heavy atom. The molecule has 5 nitrogen and oxygen atoms in total. The van der Waals surface area contributed by atoms with Gasteiger partial charge in [0.05, 0.1) is 34.6 Å². The van der Waals surface area contributed by atoms with E-state index < -0.39 is 0 Å². The van der Waals surface area contributed by atoms with E-state index >= 15 is 0 Å². The van der Waals surface area contributed by atoms with Crippen LogP contribution in [0, 0.1) is 18.3 Å². The van der Waals surface area contributed by atoms with Gasteiger partial charge in [0.25, 0.3) is 0 Å². The Balaban J connectivity index is 2.01. The number of nitrogen functional groups attached to an aromatic ring is 1. The summed E-state index contributed by atoms with van der Waals surface area (Å²) in [6.45, 7) is 1.94. The number of nitriles is 1. The first-order valence-corrected chi connectivity index (χ1v) is 9.00. The normalized spacial score (nSPS) is 19.8. The van der Waals surface area contributed by atoms with Crippen LogP contribution in [0.15, 0.2) is 30.7 Å². The Hall–Kier alpha value is -2.55. The van der Waals surface area contributed by atoms with Crippen LogP contribution in [0.2, 0.25) is 5.02 Å². The van der Waals surface area contributed by atoms with Crippen LogP contribution >= 0.6 is 11.6 Å². The maximum atomic E-state index is 9.97. The van der Waals surface area contributed by atoms with E-state index in [1.165, 1.54) is 6.20 Å². The SMILES string of the molecule is Cc1cc2c(cc1C#N)c(-c1cncc(N)c1Cl)cn2[C@@H]1CC[C@H](O)C1. The minimum Gasteiger partial charge on any atom is -0.396 e. The molecule has 6 heteroatoms. The van der Waals surface area contributed by atoms with Crippen molar-refractivity contribution < 1.29 is 5.11 Å². The Kier molecular flexibility index (Phi) is 4.10.